The highest BCUT2D eigenvalue weighted by Crippen LogP contribution is 2.38. The number of guanidine groups is 1. The maximum absolute atomic E-state index is 10.9. The number of hydrogen-bond donors (Lipinski definition) is 3. The Kier molecular flexibility index (Phi) is 8.69. The number of nitrogens with one attached hydrogen (secondary N) is 2. The maximum atomic E-state index is 10.9. The lowest BCUT2D eigenvalue weighted by atomic mass is 9.96. The number of fused-ring (bicyclic) bond motifs is 1. The van der Waals surface area contributed by atoms with Gasteiger partial charge < -0.3 is 29.6 Å². The molecule has 1 unspecified atom stereocenters. The zero-order valence-electron chi connectivity index (χ0n) is 17.7. The minimum absolute atomic E-state index is 0. The van der Waals surface area contributed by atoms with E-state index in [1.165, 1.54) is 0 Å². The molecule has 30 heavy (non-hydrogen) atoms. The van der Waals surface area contributed by atoms with Crippen LogP contribution < -0.4 is 20.1 Å². The molecule has 166 valence electrons. The SMILES string of the molecule is CCNC(=NCc1cc(Cl)c2c(c1)OCCO2)NCC(C)(O)c1cc(C)oc1C.I. The largest absolute Gasteiger partial charge is 0.486 e. The number of benzene rings is 1. The topological polar surface area (TPSA) is 88.3 Å². The van der Waals surface area contributed by atoms with E-state index in [4.69, 9.17) is 25.5 Å². The van der Waals surface area contributed by atoms with Gasteiger partial charge in [-0.3, -0.25) is 0 Å². The number of aryl methyl sites for hydroxylation is 2. The van der Waals surface area contributed by atoms with E-state index in [2.05, 4.69) is 15.6 Å². The standard InChI is InChI=1S/C21H28ClN3O4.HI/c1-5-23-20(25-12-21(4,26)16-8-13(2)29-14(16)3)24-11-15-9-17(22)19-18(10-15)27-6-7-28-19;/h8-10,26H,5-7,11-12H2,1-4H3,(H2,23,24,25);1H. The summed E-state index contributed by atoms with van der Waals surface area (Å²) < 4.78 is 16.7. The van der Waals surface area contributed by atoms with Gasteiger partial charge in [-0.1, -0.05) is 11.6 Å². The normalized spacial score (nSPS) is 15.2. The average Bonchev–Trinajstić information content (AvgIpc) is 3.03. The van der Waals surface area contributed by atoms with Crippen molar-refractivity contribution in [1.82, 2.24) is 10.6 Å². The van der Waals surface area contributed by atoms with Crippen molar-refractivity contribution >= 4 is 41.5 Å². The summed E-state index contributed by atoms with van der Waals surface area (Å²) in [5, 5.41) is 17.8. The molecular formula is C21H29ClIN3O4. The van der Waals surface area contributed by atoms with Crippen LogP contribution in [-0.2, 0) is 12.1 Å². The molecule has 0 aliphatic carbocycles. The molecule has 0 spiro atoms. The molecule has 0 radical (unpaired) electrons. The molecular weight excluding hydrogens is 521 g/mol. The first kappa shape index (κ1) is 24.6. The number of furan rings is 1. The van der Waals surface area contributed by atoms with Crippen LogP contribution >= 0.6 is 35.6 Å². The summed E-state index contributed by atoms with van der Waals surface area (Å²) in [5.41, 5.74) is 0.569. The first-order valence-corrected chi connectivity index (χ1v) is 10.1. The van der Waals surface area contributed by atoms with Crippen LogP contribution in [-0.4, -0.2) is 37.4 Å². The Bertz CT molecular complexity index is 899. The van der Waals surface area contributed by atoms with E-state index in [-0.39, 0.29) is 30.5 Å². The van der Waals surface area contributed by atoms with Gasteiger partial charge in [0.05, 0.1) is 18.1 Å². The highest BCUT2D eigenvalue weighted by molar-refractivity contribution is 14.0. The van der Waals surface area contributed by atoms with Crippen molar-refractivity contribution in [1.29, 1.82) is 0 Å². The Balaban J connectivity index is 0.00000320. The van der Waals surface area contributed by atoms with Crippen LogP contribution in [0, 0.1) is 13.8 Å². The Hall–Kier alpha value is -1.65. The van der Waals surface area contributed by atoms with E-state index in [1.54, 1.807) is 6.92 Å². The molecule has 1 atom stereocenters. The Morgan fingerprint density at radius 3 is 2.60 bits per heavy atom. The van der Waals surface area contributed by atoms with E-state index < -0.39 is 5.60 Å². The van der Waals surface area contributed by atoms with Crippen LogP contribution in [0.25, 0.3) is 0 Å². The first-order chi connectivity index (χ1) is 13.8. The zero-order chi connectivity index (χ0) is 21.0. The van der Waals surface area contributed by atoms with Crippen molar-refractivity contribution in [2.75, 3.05) is 26.3 Å². The van der Waals surface area contributed by atoms with Gasteiger partial charge in [0, 0.05) is 12.1 Å². The molecule has 0 saturated carbocycles. The molecule has 2 aromatic rings. The van der Waals surface area contributed by atoms with Crippen LogP contribution in [0.5, 0.6) is 11.5 Å². The number of halogens is 2. The van der Waals surface area contributed by atoms with E-state index in [9.17, 15) is 5.11 Å². The fourth-order valence-electron chi connectivity index (χ4n) is 3.28. The van der Waals surface area contributed by atoms with Crippen molar-refractivity contribution in [3.05, 3.63) is 45.9 Å². The third-order valence-electron chi connectivity index (χ3n) is 4.64. The summed E-state index contributed by atoms with van der Waals surface area (Å²) in [7, 11) is 0. The molecule has 1 aliphatic rings. The number of aliphatic imine (C=N–C) groups is 1. The van der Waals surface area contributed by atoms with Crippen molar-refractivity contribution < 1.29 is 19.0 Å². The van der Waals surface area contributed by atoms with Gasteiger partial charge >= 0.3 is 0 Å². The summed E-state index contributed by atoms with van der Waals surface area (Å²) in [6.07, 6.45) is 0. The van der Waals surface area contributed by atoms with Gasteiger partial charge in [-0.2, -0.15) is 0 Å². The van der Waals surface area contributed by atoms with Gasteiger partial charge in [0.25, 0.3) is 0 Å². The van der Waals surface area contributed by atoms with E-state index in [0.29, 0.717) is 54.5 Å². The second kappa shape index (κ2) is 10.6. The Morgan fingerprint density at radius 1 is 1.20 bits per heavy atom. The monoisotopic (exact) mass is 549 g/mol. The maximum Gasteiger partial charge on any atom is 0.191 e. The van der Waals surface area contributed by atoms with Crippen LogP contribution in [0.15, 0.2) is 27.6 Å². The minimum Gasteiger partial charge on any atom is -0.486 e. The summed E-state index contributed by atoms with van der Waals surface area (Å²) in [5.74, 6) is 3.30. The number of aliphatic hydroxyl groups is 1. The molecule has 1 aromatic heterocycles. The number of rotatable bonds is 6. The van der Waals surface area contributed by atoms with Crippen molar-refractivity contribution in [2.24, 2.45) is 4.99 Å². The molecule has 0 amide bonds. The molecule has 2 heterocycles. The smallest absolute Gasteiger partial charge is 0.191 e. The number of nitrogens with zero attached hydrogens (tertiary/aromatic N) is 1. The van der Waals surface area contributed by atoms with Gasteiger partial charge in [0.15, 0.2) is 17.5 Å². The molecule has 1 aliphatic heterocycles. The second-order valence-electron chi connectivity index (χ2n) is 7.25. The molecule has 1 aromatic carbocycles. The fourth-order valence-corrected chi connectivity index (χ4v) is 3.57. The van der Waals surface area contributed by atoms with Crippen LogP contribution in [0.4, 0.5) is 0 Å². The summed E-state index contributed by atoms with van der Waals surface area (Å²) in [6.45, 7) is 9.82. The summed E-state index contributed by atoms with van der Waals surface area (Å²) >= 11 is 6.30. The van der Waals surface area contributed by atoms with Crippen molar-refractivity contribution in [3.8, 4) is 11.5 Å². The molecule has 3 rings (SSSR count). The lowest BCUT2D eigenvalue weighted by Gasteiger charge is -2.24. The van der Waals surface area contributed by atoms with E-state index in [1.807, 2.05) is 39.0 Å². The second-order valence-corrected chi connectivity index (χ2v) is 7.66. The molecule has 0 fully saturated rings. The predicted molar refractivity (Wildman–Crippen MR) is 128 cm³/mol. The third kappa shape index (κ3) is 5.95. The van der Waals surface area contributed by atoms with Gasteiger partial charge in [-0.15, -0.1) is 24.0 Å². The highest BCUT2D eigenvalue weighted by atomic mass is 127. The van der Waals surface area contributed by atoms with Crippen molar-refractivity contribution in [2.45, 2.75) is 39.8 Å². The van der Waals surface area contributed by atoms with Gasteiger partial charge in [0.2, 0.25) is 0 Å². The first-order valence-electron chi connectivity index (χ1n) is 9.70. The van der Waals surface area contributed by atoms with Crippen LogP contribution in [0.2, 0.25) is 5.02 Å². The Morgan fingerprint density at radius 2 is 1.93 bits per heavy atom. The quantitative estimate of drug-likeness (QED) is 0.288. The molecule has 3 N–H and O–H groups in total. The van der Waals surface area contributed by atoms with E-state index in [0.717, 1.165) is 16.9 Å². The molecule has 0 saturated heterocycles. The van der Waals surface area contributed by atoms with Gasteiger partial charge in [0.1, 0.15) is 30.3 Å². The van der Waals surface area contributed by atoms with Crippen LogP contribution in [0.1, 0.15) is 36.5 Å². The van der Waals surface area contributed by atoms with Crippen LogP contribution in [0.3, 0.4) is 0 Å². The molecule has 0 bridgehead atoms. The number of ether oxygens (including phenoxy) is 2. The molecule has 9 heteroatoms. The number of hydrogen-bond acceptors (Lipinski definition) is 5. The third-order valence-corrected chi connectivity index (χ3v) is 4.92. The minimum atomic E-state index is -1.10. The summed E-state index contributed by atoms with van der Waals surface area (Å²) in [4.78, 5) is 4.60. The van der Waals surface area contributed by atoms with Crippen molar-refractivity contribution in [3.63, 3.8) is 0 Å². The fraction of sp³-hybridized carbons (Fsp3) is 0.476. The van der Waals surface area contributed by atoms with E-state index >= 15 is 0 Å². The Labute approximate surface area is 199 Å². The predicted octanol–water partition coefficient (Wildman–Crippen LogP) is 3.90. The molecule has 7 nitrogen and oxygen atoms in total. The van der Waals surface area contributed by atoms with Gasteiger partial charge in [-0.05, 0) is 51.5 Å². The zero-order valence-corrected chi connectivity index (χ0v) is 20.8. The lowest BCUT2D eigenvalue weighted by Crippen LogP contribution is -2.44. The van der Waals surface area contributed by atoms with Gasteiger partial charge in [-0.25, -0.2) is 4.99 Å². The average molecular weight is 550 g/mol. The highest BCUT2D eigenvalue weighted by Gasteiger charge is 2.28. The summed E-state index contributed by atoms with van der Waals surface area (Å²) in [6, 6.07) is 5.58. The lowest BCUT2D eigenvalue weighted by molar-refractivity contribution is 0.0601.